The number of hydrogen-bond acceptors (Lipinski definition) is 5. The molecule has 7 nitrogen and oxygen atoms in total. The number of ether oxygens (including phenoxy) is 2. The van der Waals surface area contributed by atoms with Crippen LogP contribution < -0.4 is 20.1 Å². The molecule has 1 amide bonds. The van der Waals surface area contributed by atoms with Gasteiger partial charge in [0.25, 0.3) is 0 Å². The van der Waals surface area contributed by atoms with Gasteiger partial charge < -0.3 is 25.2 Å². The van der Waals surface area contributed by atoms with Crippen LogP contribution in [-0.4, -0.2) is 29.1 Å². The van der Waals surface area contributed by atoms with Crippen LogP contribution in [0.25, 0.3) is 11.1 Å². The van der Waals surface area contributed by atoms with Crippen molar-refractivity contribution >= 4 is 11.9 Å². The Morgan fingerprint density at radius 1 is 0.878 bits per heavy atom. The molecule has 2 atom stereocenters. The molecule has 49 heavy (non-hydrogen) atoms. The molecule has 10 heteroatoms. The topological polar surface area (TPSA) is 96.9 Å². The van der Waals surface area contributed by atoms with E-state index in [0.29, 0.717) is 41.3 Å². The van der Waals surface area contributed by atoms with E-state index in [9.17, 15) is 27.9 Å². The molecular formula is C39H31F3N2O5. The lowest BCUT2D eigenvalue weighted by atomic mass is 9.94. The number of para-hydroxylation sites is 2. The van der Waals surface area contributed by atoms with Gasteiger partial charge >= 0.3 is 12.1 Å². The summed E-state index contributed by atoms with van der Waals surface area (Å²) in [5.74, 6) is 0.276. The Kier molecular flexibility index (Phi) is 9.83. The average Bonchev–Trinajstić information content (AvgIpc) is 3.11. The van der Waals surface area contributed by atoms with E-state index in [1.165, 1.54) is 12.1 Å². The lowest BCUT2D eigenvalue weighted by Crippen LogP contribution is -2.52. The van der Waals surface area contributed by atoms with Gasteiger partial charge in [-0.3, -0.25) is 4.79 Å². The molecule has 248 valence electrons. The minimum absolute atomic E-state index is 0.0168. The third-order valence-electron chi connectivity index (χ3n) is 8.14. The Balaban J connectivity index is 1.04. The zero-order chi connectivity index (χ0) is 34.4. The predicted octanol–water partition coefficient (Wildman–Crippen LogP) is 7.17. The first-order chi connectivity index (χ1) is 23.6. The molecule has 1 aliphatic heterocycles. The number of benzene rings is 4. The first kappa shape index (κ1) is 33.1. The zero-order valence-corrected chi connectivity index (χ0v) is 26.1. The van der Waals surface area contributed by atoms with Gasteiger partial charge in [0.15, 0.2) is 0 Å². The highest BCUT2D eigenvalue weighted by molar-refractivity contribution is 5.87. The molecule has 1 heterocycles. The molecule has 0 unspecified atom stereocenters. The highest BCUT2D eigenvalue weighted by Crippen LogP contribution is 2.33. The number of alkyl halides is 3. The minimum atomic E-state index is -4.40. The van der Waals surface area contributed by atoms with E-state index in [4.69, 9.17) is 9.47 Å². The fraction of sp³-hybridized carbons (Fsp3) is 0.179. The van der Waals surface area contributed by atoms with Gasteiger partial charge in [0.05, 0.1) is 11.6 Å². The van der Waals surface area contributed by atoms with Crippen LogP contribution in [-0.2, 0) is 41.8 Å². The lowest BCUT2D eigenvalue weighted by Gasteiger charge is -2.27. The molecule has 5 aromatic rings. The molecule has 0 aromatic heterocycles. The van der Waals surface area contributed by atoms with Crippen LogP contribution in [0.15, 0.2) is 109 Å². The van der Waals surface area contributed by atoms with Gasteiger partial charge in [-0.05, 0) is 83.8 Å². The van der Waals surface area contributed by atoms with Crippen molar-refractivity contribution in [1.82, 2.24) is 10.6 Å². The Hall–Kier alpha value is -5.79. The van der Waals surface area contributed by atoms with E-state index in [1.807, 2.05) is 72.8 Å². The normalized spacial score (nSPS) is 14.6. The number of carbonyl (C=O) groups excluding carboxylic acids is 1. The number of hydrogen-bond donors (Lipinski definition) is 3. The van der Waals surface area contributed by atoms with Crippen molar-refractivity contribution in [2.75, 3.05) is 0 Å². The van der Waals surface area contributed by atoms with Gasteiger partial charge in [-0.2, -0.15) is 13.2 Å². The predicted molar refractivity (Wildman–Crippen MR) is 176 cm³/mol. The van der Waals surface area contributed by atoms with E-state index in [-0.39, 0.29) is 13.0 Å². The van der Waals surface area contributed by atoms with E-state index in [2.05, 4.69) is 22.8 Å². The van der Waals surface area contributed by atoms with E-state index >= 15 is 0 Å². The number of rotatable bonds is 11. The summed E-state index contributed by atoms with van der Waals surface area (Å²) in [5, 5.41) is 15.7. The maximum Gasteiger partial charge on any atom is 0.416 e. The van der Waals surface area contributed by atoms with Crippen molar-refractivity contribution < 1.29 is 37.3 Å². The largest absolute Gasteiger partial charge is 0.489 e. The van der Waals surface area contributed by atoms with Gasteiger partial charge in [0.1, 0.15) is 29.9 Å². The summed E-state index contributed by atoms with van der Waals surface area (Å²) in [6, 6.07) is 35.1. The second-order valence-corrected chi connectivity index (χ2v) is 11.6. The third kappa shape index (κ3) is 8.39. The first-order valence-electron chi connectivity index (χ1n) is 15.5. The van der Waals surface area contributed by atoms with Gasteiger partial charge in [-0.15, -0.1) is 0 Å². The number of fused-ring (bicyclic) bond motifs is 1. The van der Waals surface area contributed by atoms with Crippen LogP contribution in [0.1, 0.15) is 27.8 Å². The van der Waals surface area contributed by atoms with Crippen molar-refractivity contribution in [3.05, 3.63) is 149 Å². The maximum atomic E-state index is 13.2. The number of carboxylic acids is 1. The quantitative estimate of drug-likeness (QED) is 0.139. The van der Waals surface area contributed by atoms with E-state index in [0.717, 1.165) is 34.4 Å². The van der Waals surface area contributed by atoms with Gasteiger partial charge in [0, 0.05) is 29.7 Å². The van der Waals surface area contributed by atoms with Gasteiger partial charge in [-0.1, -0.05) is 60.7 Å². The molecular weight excluding hydrogens is 633 g/mol. The number of carboxylic acid groups (broad SMARTS) is 1. The van der Waals surface area contributed by atoms with Crippen molar-refractivity contribution in [3.8, 4) is 28.4 Å². The molecule has 5 aromatic carbocycles. The highest BCUT2D eigenvalue weighted by atomic mass is 19.4. The smallest absolute Gasteiger partial charge is 0.416 e. The lowest BCUT2D eigenvalue weighted by molar-refractivity contribution is -0.142. The zero-order valence-electron chi connectivity index (χ0n) is 26.1. The second-order valence-electron chi connectivity index (χ2n) is 11.6. The summed E-state index contributed by atoms with van der Waals surface area (Å²) in [6.07, 6.45) is -4.04. The standard InChI is InChI=1S/C39H31F3N2O5/c40-39(41,42)30-17-12-26(13-18-30)24-48-32-19-16-28-22-34(43-23-29(28)21-32)37(45)44-35(38(46)47)20-25-10-14-27(15-11-25)33-8-4-5-9-36(33)49-31-6-2-1-3-7-31/h1-10,12-14,16-19,21,34-35,43H,20,22-24H2,(H,44,45)(H,46,47)/t34-,35-/m0/s1. The number of nitrogens with one attached hydrogen (secondary N) is 2. The van der Waals surface area contributed by atoms with Gasteiger partial charge in [-0.25, -0.2) is 4.79 Å². The van der Waals surface area contributed by atoms with Crippen molar-refractivity contribution in [2.45, 2.75) is 44.3 Å². The van der Waals surface area contributed by atoms with Crippen LogP contribution in [0.4, 0.5) is 13.2 Å². The molecule has 6 rings (SSSR count). The maximum absolute atomic E-state index is 13.2. The Bertz CT molecular complexity index is 1910. The molecule has 0 saturated heterocycles. The Morgan fingerprint density at radius 2 is 1.63 bits per heavy atom. The fourth-order valence-corrected chi connectivity index (χ4v) is 5.50. The van der Waals surface area contributed by atoms with E-state index < -0.39 is 35.7 Å². The molecule has 0 fully saturated rings. The summed E-state index contributed by atoms with van der Waals surface area (Å²) in [6.45, 7) is 0.447. The molecule has 0 saturated carbocycles. The van der Waals surface area contributed by atoms with Crippen LogP contribution in [0.3, 0.4) is 0 Å². The van der Waals surface area contributed by atoms with E-state index in [1.54, 1.807) is 12.1 Å². The Morgan fingerprint density at radius 3 is 2.35 bits per heavy atom. The van der Waals surface area contributed by atoms with Gasteiger partial charge in [0.2, 0.25) is 5.91 Å². The number of halogens is 3. The number of aliphatic carboxylic acids is 1. The third-order valence-corrected chi connectivity index (χ3v) is 8.14. The van der Waals surface area contributed by atoms with Crippen molar-refractivity contribution in [1.29, 1.82) is 0 Å². The molecule has 0 spiro atoms. The molecule has 0 bridgehead atoms. The SMILES string of the molecule is O=C(O)[C@H](Cc1c#cc(-c2ccccc2Oc2ccccc2)cc1)NC(=O)[C@@H]1Cc2ccc(OCc3ccc(C(F)(F)F)cc3)cc2CN1. The summed E-state index contributed by atoms with van der Waals surface area (Å²) in [7, 11) is 0. The minimum Gasteiger partial charge on any atom is -0.489 e. The molecule has 0 aliphatic carbocycles. The summed E-state index contributed by atoms with van der Waals surface area (Å²) < 4.78 is 50.3. The van der Waals surface area contributed by atoms with Crippen LogP contribution >= 0.6 is 0 Å². The molecule has 1 aliphatic rings. The first-order valence-corrected chi connectivity index (χ1v) is 15.5. The van der Waals surface area contributed by atoms with Crippen LogP contribution in [0.2, 0.25) is 0 Å². The summed E-state index contributed by atoms with van der Waals surface area (Å²) in [4.78, 5) is 25.3. The van der Waals surface area contributed by atoms with Crippen molar-refractivity contribution in [2.24, 2.45) is 0 Å². The number of amides is 1. The Labute approximate surface area is 281 Å². The average molecular weight is 665 g/mol. The van der Waals surface area contributed by atoms with Crippen LogP contribution in [0, 0.1) is 12.1 Å². The summed E-state index contributed by atoms with van der Waals surface area (Å²) in [5.41, 5.74) is 3.79. The monoisotopic (exact) mass is 664 g/mol. The highest BCUT2D eigenvalue weighted by Gasteiger charge is 2.30. The van der Waals surface area contributed by atoms with Crippen molar-refractivity contribution in [3.63, 3.8) is 0 Å². The second kappa shape index (κ2) is 14.5. The van der Waals surface area contributed by atoms with Crippen LogP contribution in [0.5, 0.6) is 17.2 Å². The molecule has 3 N–H and O–H groups in total. The number of carbonyl (C=O) groups is 2. The molecule has 0 radical (unpaired) electrons. The fourth-order valence-electron chi connectivity index (χ4n) is 5.50. The summed E-state index contributed by atoms with van der Waals surface area (Å²) >= 11 is 0.